The number of esters is 1. The molecule has 0 saturated carbocycles. The summed E-state index contributed by atoms with van der Waals surface area (Å²) in [6, 6.07) is 0. The van der Waals surface area contributed by atoms with Gasteiger partial charge in [0.15, 0.2) is 0 Å². The molecule has 12 heavy (non-hydrogen) atoms. The number of hydrogen-bond acceptors (Lipinski definition) is 3. The van der Waals surface area contributed by atoms with Crippen LogP contribution in [0.4, 0.5) is 0 Å². The van der Waals surface area contributed by atoms with E-state index in [4.69, 9.17) is 21.1 Å². The van der Waals surface area contributed by atoms with Crippen molar-refractivity contribution in [2.75, 3.05) is 13.2 Å². The molecule has 0 aromatic rings. The van der Waals surface area contributed by atoms with Crippen molar-refractivity contribution in [2.24, 2.45) is 0 Å². The Morgan fingerprint density at radius 1 is 1.75 bits per heavy atom. The van der Waals surface area contributed by atoms with Crippen LogP contribution >= 0.6 is 11.6 Å². The van der Waals surface area contributed by atoms with Crippen molar-refractivity contribution in [3.63, 3.8) is 0 Å². The van der Waals surface area contributed by atoms with Gasteiger partial charge in [0.1, 0.15) is 11.6 Å². The van der Waals surface area contributed by atoms with Crippen molar-refractivity contribution in [3.05, 3.63) is 11.6 Å². The first-order valence-electron chi connectivity index (χ1n) is 3.83. The summed E-state index contributed by atoms with van der Waals surface area (Å²) in [4.78, 5) is 10.8. The molecule has 1 heterocycles. The smallest absolute Gasteiger partial charge is 0.349 e. The maximum absolute atomic E-state index is 10.8. The minimum atomic E-state index is -0.563. The molecule has 3 nitrogen and oxygen atoms in total. The van der Waals surface area contributed by atoms with Gasteiger partial charge in [0.2, 0.25) is 0 Å². The predicted molar refractivity (Wildman–Crippen MR) is 44.9 cm³/mol. The lowest BCUT2D eigenvalue weighted by Crippen LogP contribution is -2.17. The summed E-state index contributed by atoms with van der Waals surface area (Å²) >= 11 is 5.30. The lowest BCUT2D eigenvalue weighted by molar-refractivity contribution is -0.141. The van der Waals surface area contributed by atoms with Gasteiger partial charge in [-0.25, -0.2) is 4.79 Å². The molecule has 1 fully saturated rings. The lowest BCUT2D eigenvalue weighted by atomic mass is 10.2. The number of carbonyl (C=O) groups is 1. The normalized spacial score (nSPS) is 22.2. The molecule has 0 radical (unpaired) electrons. The second-order valence-electron chi connectivity index (χ2n) is 2.64. The minimum absolute atomic E-state index is 0.0463. The summed E-state index contributed by atoms with van der Waals surface area (Å²) in [5.74, 6) is -0.563. The van der Waals surface area contributed by atoms with E-state index in [2.05, 4.69) is 6.58 Å². The average molecular weight is 191 g/mol. The first-order chi connectivity index (χ1) is 5.70. The fourth-order valence-electron chi connectivity index (χ4n) is 1.02. The van der Waals surface area contributed by atoms with Gasteiger partial charge < -0.3 is 9.47 Å². The maximum Gasteiger partial charge on any atom is 0.349 e. The summed E-state index contributed by atoms with van der Waals surface area (Å²) in [7, 11) is 0. The van der Waals surface area contributed by atoms with Crippen LogP contribution in [-0.2, 0) is 14.3 Å². The van der Waals surface area contributed by atoms with Gasteiger partial charge in [-0.3, -0.25) is 0 Å². The monoisotopic (exact) mass is 190 g/mol. The molecule has 1 rings (SSSR count). The highest BCUT2D eigenvalue weighted by Gasteiger charge is 2.17. The topological polar surface area (TPSA) is 35.5 Å². The Hall–Kier alpha value is -0.540. The zero-order chi connectivity index (χ0) is 8.97. The highest BCUT2D eigenvalue weighted by molar-refractivity contribution is 6.40. The molecule has 0 bridgehead atoms. The Morgan fingerprint density at radius 2 is 2.50 bits per heavy atom. The highest BCUT2D eigenvalue weighted by Crippen LogP contribution is 2.12. The van der Waals surface area contributed by atoms with Crippen LogP contribution in [0.15, 0.2) is 11.6 Å². The molecule has 0 aromatic carbocycles. The summed E-state index contributed by atoms with van der Waals surface area (Å²) in [5, 5.41) is -0.0898. The maximum atomic E-state index is 10.8. The van der Waals surface area contributed by atoms with Crippen LogP contribution < -0.4 is 0 Å². The van der Waals surface area contributed by atoms with E-state index >= 15 is 0 Å². The van der Waals surface area contributed by atoms with Gasteiger partial charge in [-0.2, -0.15) is 0 Å². The van der Waals surface area contributed by atoms with E-state index in [1.54, 1.807) is 0 Å². The molecule has 4 heteroatoms. The first kappa shape index (κ1) is 9.55. The van der Waals surface area contributed by atoms with E-state index in [0.717, 1.165) is 19.4 Å². The zero-order valence-electron chi connectivity index (χ0n) is 6.72. The molecule has 1 aliphatic heterocycles. The fourth-order valence-corrected chi connectivity index (χ4v) is 1.08. The molecule has 0 aromatic heterocycles. The number of carbonyl (C=O) groups excluding carboxylic acids is 1. The van der Waals surface area contributed by atoms with Gasteiger partial charge in [0, 0.05) is 6.61 Å². The van der Waals surface area contributed by atoms with E-state index in [0.29, 0.717) is 0 Å². The molecule has 1 atom stereocenters. The van der Waals surface area contributed by atoms with Crippen LogP contribution in [0.1, 0.15) is 12.8 Å². The van der Waals surface area contributed by atoms with Crippen molar-refractivity contribution in [2.45, 2.75) is 18.9 Å². The largest absolute Gasteiger partial charge is 0.459 e. The Morgan fingerprint density at radius 3 is 3.00 bits per heavy atom. The molecule has 68 valence electrons. The molecular formula is C8H11ClO3. The molecule has 0 amide bonds. The van der Waals surface area contributed by atoms with Crippen LogP contribution in [0.2, 0.25) is 0 Å². The Bertz CT molecular complexity index is 185. The van der Waals surface area contributed by atoms with E-state index < -0.39 is 5.97 Å². The van der Waals surface area contributed by atoms with Crippen LogP contribution in [0.5, 0.6) is 0 Å². The van der Waals surface area contributed by atoms with Crippen LogP contribution in [0.3, 0.4) is 0 Å². The van der Waals surface area contributed by atoms with Gasteiger partial charge in [0.05, 0.1) is 6.10 Å². The Labute approximate surface area is 76.3 Å². The van der Waals surface area contributed by atoms with Crippen LogP contribution in [0.25, 0.3) is 0 Å². The fraction of sp³-hybridized carbons (Fsp3) is 0.625. The quantitative estimate of drug-likeness (QED) is 0.499. The van der Waals surface area contributed by atoms with Crippen molar-refractivity contribution in [1.82, 2.24) is 0 Å². The first-order valence-corrected chi connectivity index (χ1v) is 4.21. The average Bonchev–Trinajstić information content (AvgIpc) is 2.51. The van der Waals surface area contributed by atoms with E-state index in [9.17, 15) is 4.79 Å². The predicted octanol–water partition coefficient (Wildman–Crippen LogP) is 1.46. The van der Waals surface area contributed by atoms with Crippen LogP contribution in [-0.4, -0.2) is 25.3 Å². The van der Waals surface area contributed by atoms with E-state index in [1.807, 2.05) is 0 Å². The van der Waals surface area contributed by atoms with E-state index in [1.165, 1.54) is 0 Å². The summed E-state index contributed by atoms with van der Waals surface area (Å²) in [5.41, 5.74) is 0. The van der Waals surface area contributed by atoms with Gasteiger partial charge in [-0.05, 0) is 12.8 Å². The molecule has 0 N–H and O–H groups in total. The van der Waals surface area contributed by atoms with Crippen molar-refractivity contribution in [3.8, 4) is 0 Å². The highest BCUT2D eigenvalue weighted by atomic mass is 35.5. The summed E-state index contributed by atoms with van der Waals surface area (Å²) < 4.78 is 10.0. The minimum Gasteiger partial charge on any atom is -0.459 e. The number of rotatable bonds is 3. The standard InChI is InChI=1S/C8H11ClO3/c1-6(9)8(10)12-5-7-3-2-4-11-7/h7H,1-5H2. The second kappa shape index (κ2) is 4.48. The van der Waals surface area contributed by atoms with Crippen molar-refractivity contribution >= 4 is 17.6 Å². The summed E-state index contributed by atoms with van der Waals surface area (Å²) in [6.45, 7) is 4.29. The third kappa shape index (κ3) is 2.83. The van der Waals surface area contributed by atoms with Gasteiger partial charge in [-0.15, -0.1) is 0 Å². The lowest BCUT2D eigenvalue weighted by Gasteiger charge is -2.08. The summed E-state index contributed by atoms with van der Waals surface area (Å²) in [6.07, 6.45) is 2.02. The molecular weight excluding hydrogens is 180 g/mol. The Kier molecular flexibility index (Phi) is 3.56. The third-order valence-electron chi connectivity index (χ3n) is 1.65. The van der Waals surface area contributed by atoms with Gasteiger partial charge in [0.25, 0.3) is 0 Å². The zero-order valence-corrected chi connectivity index (χ0v) is 7.47. The number of halogens is 1. The molecule has 1 saturated heterocycles. The number of ether oxygens (including phenoxy) is 2. The van der Waals surface area contributed by atoms with Gasteiger partial charge >= 0.3 is 5.97 Å². The van der Waals surface area contributed by atoms with Gasteiger partial charge in [-0.1, -0.05) is 18.2 Å². The van der Waals surface area contributed by atoms with E-state index in [-0.39, 0.29) is 17.7 Å². The SMILES string of the molecule is C=C(Cl)C(=O)OCC1CCCO1. The molecule has 1 unspecified atom stereocenters. The van der Waals surface area contributed by atoms with Crippen LogP contribution in [0, 0.1) is 0 Å². The Balaban J connectivity index is 2.16. The second-order valence-corrected chi connectivity index (χ2v) is 3.09. The molecule has 0 aliphatic carbocycles. The number of hydrogen-bond donors (Lipinski definition) is 0. The molecule has 0 spiro atoms. The van der Waals surface area contributed by atoms with Crippen molar-refractivity contribution < 1.29 is 14.3 Å². The molecule has 1 aliphatic rings. The third-order valence-corrected chi connectivity index (χ3v) is 1.80. The van der Waals surface area contributed by atoms with Crippen molar-refractivity contribution in [1.29, 1.82) is 0 Å².